The quantitative estimate of drug-likeness (QED) is 0.460. The van der Waals surface area contributed by atoms with Crippen molar-refractivity contribution in [2.24, 2.45) is 0 Å². The molecule has 1 aromatic rings. The molecule has 0 saturated heterocycles. The second-order valence-corrected chi connectivity index (χ2v) is 5.61. The monoisotopic (exact) mass is 403 g/mol. The van der Waals surface area contributed by atoms with Crippen molar-refractivity contribution in [3.63, 3.8) is 0 Å². The first-order valence-corrected chi connectivity index (χ1v) is 8.03. The Bertz CT molecular complexity index is 489. The SMILES string of the molecule is O=C(O)COc1cc(Cl)c(Cl)cc1Cl.OCCN(CCO)CCO. The van der Waals surface area contributed by atoms with Crippen molar-refractivity contribution in [2.45, 2.75) is 0 Å². The number of hydrogen-bond acceptors (Lipinski definition) is 6. The molecule has 0 spiro atoms. The highest BCUT2D eigenvalue weighted by Crippen LogP contribution is 2.33. The zero-order valence-electron chi connectivity index (χ0n) is 12.8. The van der Waals surface area contributed by atoms with Crippen LogP contribution in [0.1, 0.15) is 0 Å². The third kappa shape index (κ3) is 10.1. The van der Waals surface area contributed by atoms with Crippen molar-refractivity contribution < 1.29 is 30.0 Å². The first-order chi connectivity index (χ1) is 11.3. The Morgan fingerprint density at radius 2 is 1.38 bits per heavy atom. The molecule has 0 saturated carbocycles. The van der Waals surface area contributed by atoms with E-state index in [1.54, 1.807) is 4.90 Å². The minimum Gasteiger partial charge on any atom is -0.480 e. The molecule has 0 atom stereocenters. The third-order valence-corrected chi connectivity index (χ3v) is 3.59. The van der Waals surface area contributed by atoms with Crippen LogP contribution in [0, 0.1) is 0 Å². The van der Waals surface area contributed by atoms with E-state index in [0.717, 1.165) is 0 Å². The molecular formula is C14H20Cl3NO6. The number of halogens is 3. The van der Waals surface area contributed by atoms with Gasteiger partial charge in [-0.15, -0.1) is 0 Å². The molecule has 0 aromatic heterocycles. The summed E-state index contributed by atoms with van der Waals surface area (Å²) in [6.07, 6.45) is 0. The molecule has 10 heteroatoms. The largest absolute Gasteiger partial charge is 0.480 e. The van der Waals surface area contributed by atoms with Crippen molar-refractivity contribution in [1.82, 2.24) is 4.90 Å². The topological polar surface area (TPSA) is 110 Å². The number of ether oxygens (including phenoxy) is 1. The number of benzene rings is 1. The number of aliphatic hydroxyl groups is 3. The molecule has 138 valence electrons. The van der Waals surface area contributed by atoms with E-state index < -0.39 is 12.6 Å². The second-order valence-electron chi connectivity index (χ2n) is 4.39. The maximum atomic E-state index is 10.2. The number of carboxylic acids is 1. The highest BCUT2D eigenvalue weighted by molar-refractivity contribution is 6.43. The molecule has 1 aromatic carbocycles. The molecule has 0 heterocycles. The average molecular weight is 405 g/mol. The molecule has 1 rings (SSSR count). The number of aliphatic hydroxyl groups excluding tert-OH is 3. The van der Waals surface area contributed by atoms with Crippen LogP contribution >= 0.6 is 34.8 Å². The van der Waals surface area contributed by atoms with Crippen LogP contribution in [0.15, 0.2) is 12.1 Å². The summed E-state index contributed by atoms with van der Waals surface area (Å²) >= 11 is 17.1. The summed E-state index contributed by atoms with van der Waals surface area (Å²) in [5.74, 6) is -0.893. The van der Waals surface area contributed by atoms with E-state index in [4.69, 9.17) is 60.0 Å². The van der Waals surface area contributed by atoms with Gasteiger partial charge < -0.3 is 25.2 Å². The molecule has 0 unspecified atom stereocenters. The predicted octanol–water partition coefficient (Wildman–Crippen LogP) is 1.38. The summed E-state index contributed by atoms with van der Waals surface area (Å²) in [7, 11) is 0. The van der Waals surface area contributed by atoms with Crippen LogP contribution in [-0.2, 0) is 4.79 Å². The first kappa shape index (κ1) is 23.2. The molecule has 0 amide bonds. The normalized spacial score (nSPS) is 10.3. The lowest BCUT2D eigenvalue weighted by molar-refractivity contribution is -0.139. The fourth-order valence-corrected chi connectivity index (χ4v) is 2.11. The van der Waals surface area contributed by atoms with E-state index in [0.29, 0.717) is 24.7 Å². The highest BCUT2D eigenvalue weighted by atomic mass is 35.5. The summed E-state index contributed by atoms with van der Waals surface area (Å²) in [6, 6.07) is 2.76. The van der Waals surface area contributed by atoms with Gasteiger partial charge in [-0.05, 0) is 6.07 Å². The minimum atomic E-state index is -1.09. The van der Waals surface area contributed by atoms with Crippen molar-refractivity contribution in [3.05, 3.63) is 27.2 Å². The maximum Gasteiger partial charge on any atom is 0.341 e. The summed E-state index contributed by atoms with van der Waals surface area (Å²) in [5, 5.41) is 34.6. The highest BCUT2D eigenvalue weighted by Gasteiger charge is 2.08. The lowest BCUT2D eigenvalue weighted by atomic mass is 10.3. The van der Waals surface area contributed by atoms with Crippen molar-refractivity contribution in [2.75, 3.05) is 46.1 Å². The number of rotatable bonds is 9. The van der Waals surface area contributed by atoms with Crippen LogP contribution in [0.2, 0.25) is 15.1 Å². The molecular weight excluding hydrogens is 385 g/mol. The Balaban J connectivity index is 0.000000470. The van der Waals surface area contributed by atoms with Crippen molar-refractivity contribution in [1.29, 1.82) is 0 Å². The Kier molecular flexibility index (Phi) is 13.0. The lowest BCUT2D eigenvalue weighted by Crippen LogP contribution is -2.32. The van der Waals surface area contributed by atoms with E-state index in [1.165, 1.54) is 12.1 Å². The van der Waals surface area contributed by atoms with Gasteiger partial charge in [-0.3, -0.25) is 4.90 Å². The smallest absolute Gasteiger partial charge is 0.341 e. The standard InChI is InChI=1S/C8H5Cl3O3.C6H15NO3/c9-4-1-6(11)7(2-5(4)10)14-3-8(12)13;8-4-1-7(2-5-9)3-6-10/h1-2H,3H2,(H,12,13);8-10H,1-6H2. The van der Waals surface area contributed by atoms with Crippen molar-refractivity contribution >= 4 is 40.8 Å². The number of aliphatic carboxylic acids is 1. The molecule has 7 nitrogen and oxygen atoms in total. The Hall–Kier alpha value is -0.800. The molecule has 0 radical (unpaired) electrons. The van der Waals surface area contributed by atoms with Gasteiger partial charge in [-0.25, -0.2) is 4.79 Å². The van der Waals surface area contributed by atoms with E-state index in [1.807, 2.05) is 0 Å². The Labute approximate surface area is 154 Å². The van der Waals surface area contributed by atoms with E-state index >= 15 is 0 Å². The number of hydrogen-bond donors (Lipinski definition) is 4. The van der Waals surface area contributed by atoms with Gasteiger partial charge in [0.1, 0.15) is 5.75 Å². The number of nitrogens with zero attached hydrogens (tertiary/aromatic N) is 1. The van der Waals surface area contributed by atoms with Crippen LogP contribution in [0.25, 0.3) is 0 Å². The fraction of sp³-hybridized carbons (Fsp3) is 0.500. The zero-order chi connectivity index (χ0) is 18.5. The molecule has 0 fully saturated rings. The number of carboxylic acid groups (broad SMARTS) is 1. The minimum absolute atomic E-state index is 0.0694. The zero-order valence-corrected chi connectivity index (χ0v) is 15.1. The van der Waals surface area contributed by atoms with Gasteiger partial charge in [0.05, 0.1) is 34.9 Å². The first-order valence-electron chi connectivity index (χ1n) is 6.89. The molecule has 0 aliphatic rings. The van der Waals surface area contributed by atoms with Crippen LogP contribution in [-0.4, -0.2) is 77.4 Å². The van der Waals surface area contributed by atoms with Gasteiger partial charge in [-0.2, -0.15) is 0 Å². The second kappa shape index (κ2) is 13.5. The van der Waals surface area contributed by atoms with E-state index in [2.05, 4.69) is 0 Å². The molecule has 4 N–H and O–H groups in total. The summed E-state index contributed by atoms with van der Waals surface area (Å²) in [6.45, 7) is 1.28. The van der Waals surface area contributed by atoms with Gasteiger partial charge in [0.15, 0.2) is 6.61 Å². The lowest BCUT2D eigenvalue weighted by Gasteiger charge is -2.17. The van der Waals surface area contributed by atoms with Gasteiger partial charge in [0, 0.05) is 25.7 Å². The predicted molar refractivity (Wildman–Crippen MR) is 92.3 cm³/mol. The van der Waals surface area contributed by atoms with Gasteiger partial charge in [0.25, 0.3) is 0 Å². The molecule has 0 aliphatic heterocycles. The van der Waals surface area contributed by atoms with Crippen molar-refractivity contribution in [3.8, 4) is 5.75 Å². The van der Waals surface area contributed by atoms with Gasteiger partial charge >= 0.3 is 5.97 Å². The summed E-state index contributed by atoms with van der Waals surface area (Å²) in [5.41, 5.74) is 0. The van der Waals surface area contributed by atoms with E-state index in [-0.39, 0.29) is 35.6 Å². The van der Waals surface area contributed by atoms with Gasteiger partial charge in [-0.1, -0.05) is 34.8 Å². The van der Waals surface area contributed by atoms with Crippen LogP contribution in [0.3, 0.4) is 0 Å². The Morgan fingerprint density at radius 3 is 1.79 bits per heavy atom. The van der Waals surface area contributed by atoms with E-state index in [9.17, 15) is 4.79 Å². The van der Waals surface area contributed by atoms with Gasteiger partial charge in [0.2, 0.25) is 0 Å². The molecule has 0 aliphatic carbocycles. The fourth-order valence-electron chi connectivity index (χ4n) is 1.51. The molecule has 0 bridgehead atoms. The number of carbonyl (C=O) groups is 1. The summed E-state index contributed by atoms with van der Waals surface area (Å²) in [4.78, 5) is 12.0. The van der Waals surface area contributed by atoms with Crippen LogP contribution in [0.4, 0.5) is 0 Å². The molecule has 24 heavy (non-hydrogen) atoms. The maximum absolute atomic E-state index is 10.2. The van der Waals surface area contributed by atoms with Crippen LogP contribution in [0.5, 0.6) is 5.75 Å². The average Bonchev–Trinajstić information content (AvgIpc) is 2.51. The summed E-state index contributed by atoms with van der Waals surface area (Å²) < 4.78 is 4.86. The Morgan fingerprint density at radius 1 is 0.917 bits per heavy atom. The van der Waals surface area contributed by atoms with Crippen LogP contribution < -0.4 is 4.74 Å². The third-order valence-electron chi connectivity index (χ3n) is 2.57.